The molecule has 4 aromatic rings. The van der Waals surface area contributed by atoms with Crippen molar-refractivity contribution >= 4 is 23.2 Å². The van der Waals surface area contributed by atoms with E-state index in [1.165, 1.54) is 5.56 Å². The number of carbonyl (C=O) groups is 1. The number of nitrogens with zero attached hydrogens (tertiary/aromatic N) is 3. The van der Waals surface area contributed by atoms with Crippen LogP contribution in [0.3, 0.4) is 0 Å². The van der Waals surface area contributed by atoms with Crippen molar-refractivity contribution in [3.05, 3.63) is 76.9 Å². The highest BCUT2D eigenvalue weighted by molar-refractivity contribution is 6.30. The minimum absolute atomic E-state index is 0.133. The van der Waals surface area contributed by atoms with Crippen molar-refractivity contribution in [2.45, 2.75) is 20.4 Å². The van der Waals surface area contributed by atoms with Gasteiger partial charge < -0.3 is 14.4 Å². The summed E-state index contributed by atoms with van der Waals surface area (Å²) in [5.74, 6) is 0.672. The molecule has 2 aromatic heterocycles. The van der Waals surface area contributed by atoms with E-state index in [1.807, 2.05) is 62.5 Å². The molecule has 0 aliphatic carbocycles. The lowest BCUT2D eigenvalue weighted by Gasteiger charge is -2.09. The molecule has 1 amide bonds. The number of halogens is 1. The zero-order chi connectivity index (χ0) is 20.4. The molecule has 0 fully saturated rings. The summed E-state index contributed by atoms with van der Waals surface area (Å²) < 4.78 is 7.19. The number of aromatic nitrogens is 3. The van der Waals surface area contributed by atoms with Gasteiger partial charge in [-0.1, -0.05) is 22.8 Å². The molecule has 0 aliphatic heterocycles. The second kappa shape index (κ2) is 7.93. The van der Waals surface area contributed by atoms with Gasteiger partial charge in [-0.15, -0.1) is 0 Å². The third kappa shape index (κ3) is 4.22. The molecule has 0 saturated heterocycles. The molecular formula is C22H19ClN4O2. The lowest BCUT2D eigenvalue weighted by molar-refractivity contribution is -0.116. The molecule has 0 radical (unpaired) electrons. The van der Waals surface area contributed by atoms with Crippen LogP contribution >= 0.6 is 11.6 Å². The highest BCUT2D eigenvalue weighted by Gasteiger charge is 2.15. The normalized spacial score (nSPS) is 10.9. The zero-order valence-electron chi connectivity index (χ0n) is 16.0. The van der Waals surface area contributed by atoms with Gasteiger partial charge in [-0.2, -0.15) is 4.98 Å². The molecule has 0 bridgehead atoms. The van der Waals surface area contributed by atoms with Crippen LogP contribution in [0.2, 0.25) is 5.02 Å². The number of amides is 1. The van der Waals surface area contributed by atoms with Crippen molar-refractivity contribution < 1.29 is 9.32 Å². The summed E-state index contributed by atoms with van der Waals surface area (Å²) in [7, 11) is 0. The maximum Gasteiger partial charge on any atom is 0.274 e. The SMILES string of the molecule is Cc1ccc(NC(=O)Cn2cccc2-c2nc(-c3ccc(Cl)cc3)no2)cc1C. The molecule has 0 saturated carbocycles. The number of carbonyl (C=O) groups excluding carboxylic acids is 1. The molecule has 29 heavy (non-hydrogen) atoms. The number of aryl methyl sites for hydroxylation is 2. The highest BCUT2D eigenvalue weighted by atomic mass is 35.5. The molecule has 7 heteroatoms. The minimum Gasteiger partial charge on any atom is -0.334 e. The first-order chi connectivity index (χ1) is 14.0. The molecule has 2 aromatic carbocycles. The lowest BCUT2D eigenvalue weighted by atomic mass is 10.1. The molecule has 0 spiro atoms. The standard InChI is InChI=1S/C22H19ClN4O2/c1-14-5-10-18(12-15(14)2)24-20(28)13-27-11-3-4-19(27)22-25-21(26-29-22)16-6-8-17(23)9-7-16/h3-12H,13H2,1-2H3,(H,24,28). The van der Waals surface area contributed by atoms with E-state index in [2.05, 4.69) is 15.5 Å². The maximum absolute atomic E-state index is 12.5. The van der Waals surface area contributed by atoms with Gasteiger partial charge in [0.25, 0.3) is 5.89 Å². The van der Waals surface area contributed by atoms with Crippen LogP contribution in [-0.2, 0) is 11.3 Å². The minimum atomic E-state index is -0.136. The number of benzene rings is 2. The van der Waals surface area contributed by atoms with E-state index in [-0.39, 0.29) is 12.5 Å². The molecule has 0 unspecified atom stereocenters. The second-order valence-electron chi connectivity index (χ2n) is 6.80. The van der Waals surface area contributed by atoms with Crippen molar-refractivity contribution in [2.24, 2.45) is 0 Å². The van der Waals surface area contributed by atoms with E-state index in [0.29, 0.717) is 22.4 Å². The van der Waals surface area contributed by atoms with Gasteiger partial charge in [0.15, 0.2) is 0 Å². The Morgan fingerprint density at radius 3 is 2.66 bits per heavy atom. The first kappa shape index (κ1) is 19.0. The van der Waals surface area contributed by atoms with E-state index in [4.69, 9.17) is 16.1 Å². The van der Waals surface area contributed by atoms with Crippen LogP contribution in [0.25, 0.3) is 23.0 Å². The molecule has 146 valence electrons. The van der Waals surface area contributed by atoms with Crippen LogP contribution in [0.15, 0.2) is 65.3 Å². The van der Waals surface area contributed by atoms with E-state index in [9.17, 15) is 4.79 Å². The van der Waals surface area contributed by atoms with Crippen molar-refractivity contribution in [1.82, 2.24) is 14.7 Å². The second-order valence-corrected chi connectivity index (χ2v) is 7.24. The average molecular weight is 407 g/mol. The number of nitrogens with one attached hydrogen (secondary N) is 1. The Morgan fingerprint density at radius 1 is 1.10 bits per heavy atom. The maximum atomic E-state index is 12.5. The Morgan fingerprint density at radius 2 is 1.90 bits per heavy atom. The van der Waals surface area contributed by atoms with Gasteiger partial charge in [-0.05, 0) is 73.5 Å². The fourth-order valence-electron chi connectivity index (χ4n) is 2.96. The lowest BCUT2D eigenvalue weighted by Crippen LogP contribution is -2.18. The predicted molar refractivity (Wildman–Crippen MR) is 113 cm³/mol. The van der Waals surface area contributed by atoms with Crippen molar-refractivity contribution in [2.75, 3.05) is 5.32 Å². The molecule has 0 aliphatic rings. The van der Waals surface area contributed by atoms with Gasteiger partial charge >= 0.3 is 0 Å². The largest absolute Gasteiger partial charge is 0.334 e. The number of hydrogen-bond donors (Lipinski definition) is 1. The summed E-state index contributed by atoms with van der Waals surface area (Å²) in [5, 5.41) is 7.60. The summed E-state index contributed by atoms with van der Waals surface area (Å²) in [6.45, 7) is 4.19. The van der Waals surface area contributed by atoms with Crippen LogP contribution in [0.4, 0.5) is 5.69 Å². The Bertz CT molecular complexity index is 1160. The zero-order valence-corrected chi connectivity index (χ0v) is 16.8. The average Bonchev–Trinajstić information content (AvgIpc) is 3.34. The Kier molecular flexibility index (Phi) is 5.18. The summed E-state index contributed by atoms with van der Waals surface area (Å²) in [6, 6.07) is 16.7. The third-order valence-corrected chi connectivity index (χ3v) is 4.93. The Balaban J connectivity index is 1.50. The van der Waals surface area contributed by atoms with Gasteiger partial charge in [-0.25, -0.2) is 0 Å². The monoisotopic (exact) mass is 406 g/mol. The number of rotatable bonds is 5. The smallest absolute Gasteiger partial charge is 0.274 e. The summed E-state index contributed by atoms with van der Waals surface area (Å²) in [6.07, 6.45) is 1.81. The van der Waals surface area contributed by atoms with Crippen LogP contribution in [0, 0.1) is 13.8 Å². The molecule has 0 atom stereocenters. The van der Waals surface area contributed by atoms with Gasteiger partial charge in [0.1, 0.15) is 12.2 Å². The third-order valence-electron chi connectivity index (χ3n) is 4.68. The molecule has 4 rings (SSSR count). The molecule has 2 heterocycles. The highest BCUT2D eigenvalue weighted by Crippen LogP contribution is 2.24. The Hall–Kier alpha value is -3.38. The van der Waals surface area contributed by atoms with E-state index < -0.39 is 0 Å². The van der Waals surface area contributed by atoms with E-state index in [0.717, 1.165) is 16.8 Å². The predicted octanol–water partition coefficient (Wildman–Crippen LogP) is 5.11. The fraction of sp³-hybridized carbons (Fsp3) is 0.136. The van der Waals surface area contributed by atoms with Gasteiger partial charge in [0.2, 0.25) is 11.7 Å². The summed E-state index contributed by atoms with van der Waals surface area (Å²) in [5.41, 5.74) is 4.56. The van der Waals surface area contributed by atoms with Crippen LogP contribution in [-0.4, -0.2) is 20.6 Å². The van der Waals surface area contributed by atoms with Crippen LogP contribution in [0.1, 0.15) is 11.1 Å². The fourth-order valence-corrected chi connectivity index (χ4v) is 3.09. The van der Waals surface area contributed by atoms with Crippen LogP contribution < -0.4 is 5.32 Å². The van der Waals surface area contributed by atoms with Crippen molar-refractivity contribution in [3.63, 3.8) is 0 Å². The number of anilines is 1. The van der Waals surface area contributed by atoms with Gasteiger partial charge in [-0.3, -0.25) is 4.79 Å². The first-order valence-corrected chi connectivity index (χ1v) is 9.49. The summed E-state index contributed by atoms with van der Waals surface area (Å²) >= 11 is 5.92. The molecule has 6 nitrogen and oxygen atoms in total. The number of hydrogen-bond acceptors (Lipinski definition) is 4. The molecular weight excluding hydrogens is 388 g/mol. The Labute approximate surface area is 173 Å². The van der Waals surface area contributed by atoms with Crippen molar-refractivity contribution in [1.29, 1.82) is 0 Å². The molecule has 1 N–H and O–H groups in total. The van der Waals surface area contributed by atoms with Gasteiger partial charge in [0.05, 0.1) is 0 Å². The first-order valence-electron chi connectivity index (χ1n) is 9.12. The van der Waals surface area contributed by atoms with E-state index in [1.54, 1.807) is 16.7 Å². The van der Waals surface area contributed by atoms with Crippen LogP contribution in [0.5, 0.6) is 0 Å². The van der Waals surface area contributed by atoms with Gasteiger partial charge in [0, 0.05) is 22.5 Å². The van der Waals surface area contributed by atoms with Crippen molar-refractivity contribution in [3.8, 4) is 23.0 Å². The quantitative estimate of drug-likeness (QED) is 0.499. The topological polar surface area (TPSA) is 73.0 Å². The summed E-state index contributed by atoms with van der Waals surface area (Å²) in [4.78, 5) is 17.0. The van der Waals surface area contributed by atoms with E-state index >= 15 is 0 Å².